The van der Waals surface area contributed by atoms with Gasteiger partial charge >= 0.3 is 0 Å². The third-order valence-electron chi connectivity index (χ3n) is 3.42. The number of aromatic amines is 1. The first-order chi connectivity index (χ1) is 9.28. The molecular formula is C15H16N2OS. The number of hydrogen-bond donors (Lipinski definition) is 1. The first-order valence-corrected chi connectivity index (χ1v) is 6.88. The van der Waals surface area contributed by atoms with Crippen molar-refractivity contribution in [2.45, 2.75) is 18.9 Å². The number of ether oxygens (including phenoxy) is 1. The Bertz CT molecular complexity index is 620. The number of methoxy groups -OCH3 is 1. The summed E-state index contributed by atoms with van der Waals surface area (Å²) in [4.78, 5) is 7.80. The summed E-state index contributed by atoms with van der Waals surface area (Å²) in [6.45, 7) is 0. The normalized spacial score (nSPS) is 16.3. The zero-order valence-corrected chi connectivity index (χ0v) is 11.6. The van der Waals surface area contributed by atoms with Gasteiger partial charge in [0.25, 0.3) is 0 Å². The molecule has 3 nitrogen and oxygen atoms in total. The maximum absolute atomic E-state index is 5.57. The minimum Gasteiger partial charge on any atom is -0.373 e. The van der Waals surface area contributed by atoms with E-state index >= 15 is 0 Å². The number of benzene rings is 1. The highest BCUT2D eigenvalue weighted by molar-refractivity contribution is 7.71. The number of nitrogens with zero attached hydrogens (tertiary/aromatic N) is 1. The summed E-state index contributed by atoms with van der Waals surface area (Å²) in [6, 6.07) is 12.0. The zero-order chi connectivity index (χ0) is 13.2. The van der Waals surface area contributed by atoms with Crippen LogP contribution in [0.2, 0.25) is 0 Å². The molecule has 19 heavy (non-hydrogen) atoms. The highest BCUT2D eigenvalue weighted by Gasteiger charge is 2.34. The Labute approximate surface area is 117 Å². The fourth-order valence-corrected chi connectivity index (χ4v) is 2.53. The van der Waals surface area contributed by atoms with Gasteiger partial charge < -0.3 is 9.72 Å². The predicted octanol–water partition coefficient (Wildman–Crippen LogP) is 3.90. The smallest absolute Gasteiger partial charge is 0.137 e. The Morgan fingerprint density at radius 1 is 1.32 bits per heavy atom. The summed E-state index contributed by atoms with van der Waals surface area (Å²) in [6.07, 6.45) is 2.44. The fourth-order valence-electron chi connectivity index (χ4n) is 2.31. The van der Waals surface area contributed by atoms with Crippen LogP contribution >= 0.6 is 12.2 Å². The first-order valence-electron chi connectivity index (χ1n) is 6.47. The van der Waals surface area contributed by atoms with Crippen molar-refractivity contribution in [1.29, 1.82) is 0 Å². The van der Waals surface area contributed by atoms with Crippen LogP contribution in [0.5, 0.6) is 0 Å². The van der Waals surface area contributed by atoms with Crippen molar-refractivity contribution in [2.24, 2.45) is 5.92 Å². The topological polar surface area (TPSA) is 37.9 Å². The largest absolute Gasteiger partial charge is 0.373 e. The molecule has 1 N–H and O–H groups in total. The summed E-state index contributed by atoms with van der Waals surface area (Å²) < 4.78 is 6.17. The molecule has 1 aromatic heterocycles. The molecule has 98 valence electrons. The van der Waals surface area contributed by atoms with E-state index in [4.69, 9.17) is 17.0 Å². The standard InChI is InChI=1S/C15H16N2OS/c1-18-14(11-7-8-11)15-16-12(9-13(19)17-15)10-5-3-2-4-6-10/h2-6,9,11,14H,7-8H2,1H3,(H,16,17,19). The summed E-state index contributed by atoms with van der Waals surface area (Å²) in [5.74, 6) is 1.42. The van der Waals surface area contributed by atoms with Crippen molar-refractivity contribution in [3.05, 3.63) is 46.9 Å². The molecule has 4 heteroatoms. The van der Waals surface area contributed by atoms with Crippen molar-refractivity contribution < 1.29 is 4.74 Å². The molecule has 3 rings (SSSR count). The highest BCUT2D eigenvalue weighted by atomic mass is 32.1. The molecule has 1 heterocycles. The predicted molar refractivity (Wildman–Crippen MR) is 77.3 cm³/mol. The van der Waals surface area contributed by atoms with Gasteiger partial charge in [0.1, 0.15) is 16.6 Å². The monoisotopic (exact) mass is 272 g/mol. The van der Waals surface area contributed by atoms with Crippen LogP contribution in [0.3, 0.4) is 0 Å². The number of nitrogens with one attached hydrogen (secondary N) is 1. The summed E-state index contributed by atoms with van der Waals surface area (Å²) in [5.41, 5.74) is 2.11. The van der Waals surface area contributed by atoms with Crippen LogP contribution in [-0.2, 0) is 4.74 Å². The summed E-state index contributed by atoms with van der Waals surface area (Å²) >= 11 is 5.27. The lowest BCUT2D eigenvalue weighted by Gasteiger charge is -2.15. The van der Waals surface area contributed by atoms with E-state index in [1.165, 1.54) is 12.8 Å². The van der Waals surface area contributed by atoms with Crippen LogP contribution in [0.1, 0.15) is 24.8 Å². The van der Waals surface area contributed by atoms with Crippen molar-refractivity contribution in [2.75, 3.05) is 7.11 Å². The van der Waals surface area contributed by atoms with Crippen LogP contribution in [0, 0.1) is 10.6 Å². The molecular weight excluding hydrogens is 256 g/mol. The molecule has 0 radical (unpaired) electrons. The van der Waals surface area contributed by atoms with E-state index in [1.807, 2.05) is 24.3 Å². The molecule has 2 aromatic rings. The Balaban J connectivity index is 2.03. The molecule has 0 amide bonds. The van der Waals surface area contributed by atoms with E-state index in [9.17, 15) is 0 Å². The molecule has 1 aliphatic carbocycles. The van der Waals surface area contributed by atoms with Crippen molar-refractivity contribution in [3.8, 4) is 11.3 Å². The minimum absolute atomic E-state index is 0.0327. The zero-order valence-electron chi connectivity index (χ0n) is 10.8. The average Bonchev–Trinajstić information content (AvgIpc) is 3.25. The van der Waals surface area contributed by atoms with Crippen LogP contribution in [0.4, 0.5) is 0 Å². The minimum atomic E-state index is 0.0327. The van der Waals surface area contributed by atoms with Crippen LogP contribution in [0.15, 0.2) is 36.4 Å². The maximum Gasteiger partial charge on any atom is 0.137 e. The molecule has 1 aliphatic rings. The van der Waals surface area contributed by atoms with Crippen LogP contribution in [-0.4, -0.2) is 17.1 Å². The molecule has 0 spiro atoms. The number of rotatable bonds is 4. The Morgan fingerprint density at radius 2 is 2.05 bits per heavy atom. The lowest BCUT2D eigenvalue weighted by atomic mass is 10.1. The Kier molecular flexibility index (Phi) is 3.44. The first kappa shape index (κ1) is 12.5. The third kappa shape index (κ3) is 2.74. The van der Waals surface area contributed by atoms with Gasteiger partial charge in [0.2, 0.25) is 0 Å². The molecule has 0 bridgehead atoms. The van der Waals surface area contributed by atoms with E-state index in [1.54, 1.807) is 7.11 Å². The van der Waals surface area contributed by atoms with Crippen LogP contribution in [0.25, 0.3) is 11.3 Å². The second kappa shape index (κ2) is 5.23. The number of hydrogen-bond acceptors (Lipinski definition) is 3. The summed E-state index contributed by atoms with van der Waals surface area (Å²) in [7, 11) is 1.73. The molecule has 1 unspecified atom stereocenters. The molecule has 1 atom stereocenters. The lowest BCUT2D eigenvalue weighted by molar-refractivity contribution is 0.0772. The van der Waals surface area contributed by atoms with Gasteiger partial charge in [0.15, 0.2) is 0 Å². The van der Waals surface area contributed by atoms with Gasteiger partial charge in [-0.3, -0.25) is 0 Å². The summed E-state index contributed by atoms with van der Waals surface area (Å²) in [5, 5.41) is 0. The second-order valence-corrected chi connectivity index (χ2v) is 5.30. The van der Waals surface area contributed by atoms with E-state index in [2.05, 4.69) is 22.1 Å². The van der Waals surface area contributed by atoms with Gasteiger partial charge in [0.05, 0.1) is 0 Å². The number of H-pyrrole nitrogens is 1. The molecule has 0 aliphatic heterocycles. The fraction of sp³-hybridized carbons (Fsp3) is 0.333. The lowest BCUT2D eigenvalue weighted by Crippen LogP contribution is -2.09. The maximum atomic E-state index is 5.57. The molecule has 1 saturated carbocycles. The van der Waals surface area contributed by atoms with E-state index < -0.39 is 0 Å². The van der Waals surface area contributed by atoms with Crippen molar-refractivity contribution >= 4 is 12.2 Å². The van der Waals surface area contributed by atoms with Crippen molar-refractivity contribution in [3.63, 3.8) is 0 Å². The Hall–Kier alpha value is -1.52. The third-order valence-corrected chi connectivity index (χ3v) is 3.63. The van der Waals surface area contributed by atoms with Gasteiger partial charge in [-0.2, -0.15) is 0 Å². The van der Waals surface area contributed by atoms with Gasteiger partial charge in [-0.1, -0.05) is 42.5 Å². The van der Waals surface area contributed by atoms with E-state index in [0.29, 0.717) is 10.6 Å². The number of aromatic nitrogens is 2. The highest BCUT2D eigenvalue weighted by Crippen LogP contribution is 2.42. The molecule has 0 saturated heterocycles. The average molecular weight is 272 g/mol. The van der Waals surface area contributed by atoms with Gasteiger partial charge in [-0.15, -0.1) is 0 Å². The van der Waals surface area contributed by atoms with Gasteiger partial charge in [-0.05, 0) is 30.4 Å². The molecule has 1 aromatic carbocycles. The SMILES string of the molecule is COC(c1nc(=S)cc(-c2ccccc2)[nH]1)C1CC1. The quantitative estimate of drug-likeness (QED) is 0.858. The van der Waals surface area contributed by atoms with Gasteiger partial charge in [-0.25, -0.2) is 4.98 Å². The van der Waals surface area contributed by atoms with E-state index in [0.717, 1.165) is 17.1 Å². The van der Waals surface area contributed by atoms with Crippen molar-refractivity contribution in [1.82, 2.24) is 9.97 Å². The Morgan fingerprint density at radius 3 is 2.68 bits per heavy atom. The van der Waals surface area contributed by atoms with Gasteiger partial charge in [0, 0.05) is 12.8 Å². The van der Waals surface area contributed by atoms with E-state index in [-0.39, 0.29) is 6.10 Å². The van der Waals surface area contributed by atoms with Crippen LogP contribution < -0.4 is 0 Å². The second-order valence-electron chi connectivity index (χ2n) is 4.88. The molecule has 1 fully saturated rings.